The standard InChI is InChI=1S/C12H7Cl2N5.C12H6Cl2N2/c13-8-3-1-7(2-4-8)10-11(18-19-17-10)9-5-6-15-12(14)16-9;13-10-4-1-9(2-5-10)3-6-11-7-8-15-12(14)16-11/h1-6H,(H,17,18,19);1-2,4-5,7-8H. The lowest BCUT2D eigenvalue weighted by atomic mass is 10.1. The summed E-state index contributed by atoms with van der Waals surface area (Å²) >= 11 is 23.1. The molecule has 7 nitrogen and oxygen atoms in total. The van der Waals surface area contributed by atoms with E-state index in [9.17, 15) is 0 Å². The molecular weight excluding hydrogens is 528 g/mol. The van der Waals surface area contributed by atoms with Gasteiger partial charge in [0.15, 0.2) is 0 Å². The maximum atomic E-state index is 5.87. The Hall–Kier alpha value is -3.54. The van der Waals surface area contributed by atoms with Crippen LogP contribution in [-0.2, 0) is 0 Å². The molecule has 0 fully saturated rings. The van der Waals surface area contributed by atoms with Gasteiger partial charge in [-0.2, -0.15) is 15.4 Å². The molecule has 172 valence electrons. The van der Waals surface area contributed by atoms with Gasteiger partial charge in [0.2, 0.25) is 10.6 Å². The smallest absolute Gasteiger partial charge is 0.223 e. The molecular formula is C24H13Cl4N7. The zero-order valence-corrected chi connectivity index (χ0v) is 20.6. The van der Waals surface area contributed by atoms with Crippen molar-refractivity contribution in [2.24, 2.45) is 0 Å². The number of nitrogens with zero attached hydrogens (tertiary/aromatic N) is 6. The number of H-pyrrole nitrogens is 1. The summed E-state index contributed by atoms with van der Waals surface area (Å²) in [4.78, 5) is 15.7. The zero-order chi connectivity index (χ0) is 24.6. The van der Waals surface area contributed by atoms with E-state index in [1.54, 1.807) is 48.8 Å². The molecule has 5 rings (SSSR count). The van der Waals surface area contributed by atoms with Gasteiger partial charge in [0.05, 0.1) is 5.69 Å². The quantitative estimate of drug-likeness (QED) is 0.205. The van der Waals surface area contributed by atoms with Crippen molar-refractivity contribution < 1.29 is 0 Å². The van der Waals surface area contributed by atoms with E-state index in [-0.39, 0.29) is 10.6 Å². The van der Waals surface area contributed by atoms with E-state index < -0.39 is 0 Å². The van der Waals surface area contributed by atoms with Crippen molar-refractivity contribution >= 4 is 46.4 Å². The van der Waals surface area contributed by atoms with Crippen LogP contribution in [0.15, 0.2) is 73.1 Å². The Kier molecular flexibility index (Phi) is 8.24. The third-order valence-electron chi connectivity index (χ3n) is 4.34. The Morgan fingerprint density at radius 2 is 1.20 bits per heavy atom. The van der Waals surface area contributed by atoms with Gasteiger partial charge in [-0.3, -0.25) is 0 Å². The number of benzene rings is 2. The summed E-state index contributed by atoms with van der Waals surface area (Å²) in [7, 11) is 0. The molecule has 0 bridgehead atoms. The van der Waals surface area contributed by atoms with Gasteiger partial charge in [0.1, 0.15) is 17.1 Å². The first-order chi connectivity index (χ1) is 17.0. The Morgan fingerprint density at radius 1 is 0.600 bits per heavy atom. The first-order valence-corrected chi connectivity index (χ1v) is 11.4. The van der Waals surface area contributed by atoms with Crippen molar-refractivity contribution in [1.82, 2.24) is 35.3 Å². The maximum absolute atomic E-state index is 5.87. The molecule has 5 aromatic rings. The first-order valence-electron chi connectivity index (χ1n) is 9.90. The van der Waals surface area contributed by atoms with Crippen LogP contribution in [-0.4, -0.2) is 35.3 Å². The van der Waals surface area contributed by atoms with Gasteiger partial charge in [0, 0.05) is 33.6 Å². The summed E-state index contributed by atoms with van der Waals surface area (Å²) in [5.41, 5.74) is 4.27. The molecule has 3 heterocycles. The van der Waals surface area contributed by atoms with Gasteiger partial charge < -0.3 is 0 Å². The normalized spacial score (nSPS) is 10.1. The number of aromatic nitrogens is 7. The fraction of sp³-hybridized carbons (Fsp3) is 0. The van der Waals surface area contributed by atoms with E-state index in [1.165, 1.54) is 0 Å². The lowest BCUT2D eigenvalue weighted by molar-refractivity contribution is 0.942. The second-order valence-electron chi connectivity index (χ2n) is 6.71. The van der Waals surface area contributed by atoms with E-state index >= 15 is 0 Å². The van der Waals surface area contributed by atoms with E-state index in [0.29, 0.717) is 32.8 Å². The molecule has 0 radical (unpaired) electrons. The van der Waals surface area contributed by atoms with Crippen molar-refractivity contribution in [2.75, 3.05) is 0 Å². The number of hydrogen-bond acceptors (Lipinski definition) is 6. The molecule has 3 aromatic heterocycles. The molecule has 0 aliphatic carbocycles. The summed E-state index contributed by atoms with van der Waals surface area (Å²) in [6.45, 7) is 0. The molecule has 0 aliphatic heterocycles. The predicted octanol–water partition coefficient (Wildman–Crippen LogP) is 6.42. The molecule has 0 aliphatic rings. The SMILES string of the molecule is Clc1ccc(-c2n[nH]nc2-c2ccnc(Cl)n2)cc1.Clc1ccc(C#Cc2ccnc(Cl)n2)cc1. The molecule has 2 aromatic carbocycles. The van der Waals surface area contributed by atoms with E-state index in [0.717, 1.165) is 11.1 Å². The second kappa shape index (κ2) is 11.7. The van der Waals surface area contributed by atoms with Crippen LogP contribution in [0.4, 0.5) is 0 Å². The third kappa shape index (κ3) is 6.98. The van der Waals surface area contributed by atoms with E-state index in [1.807, 2.05) is 24.3 Å². The number of aromatic amines is 1. The third-order valence-corrected chi connectivity index (χ3v) is 5.21. The van der Waals surface area contributed by atoms with Gasteiger partial charge in [0.25, 0.3) is 0 Å². The zero-order valence-electron chi connectivity index (χ0n) is 17.6. The van der Waals surface area contributed by atoms with Gasteiger partial charge >= 0.3 is 0 Å². The van der Waals surface area contributed by atoms with Crippen LogP contribution in [0.3, 0.4) is 0 Å². The highest BCUT2D eigenvalue weighted by Gasteiger charge is 2.14. The molecule has 0 atom stereocenters. The average Bonchev–Trinajstić information content (AvgIpc) is 3.35. The highest BCUT2D eigenvalue weighted by Crippen LogP contribution is 2.28. The molecule has 11 heteroatoms. The van der Waals surface area contributed by atoms with Crippen molar-refractivity contribution in [3.63, 3.8) is 0 Å². The van der Waals surface area contributed by atoms with E-state index in [4.69, 9.17) is 46.4 Å². The van der Waals surface area contributed by atoms with Crippen LogP contribution >= 0.6 is 46.4 Å². The van der Waals surface area contributed by atoms with Crippen molar-refractivity contribution in [3.05, 3.63) is 105 Å². The van der Waals surface area contributed by atoms with Gasteiger partial charge in [-0.25, -0.2) is 19.9 Å². The van der Waals surface area contributed by atoms with Crippen LogP contribution in [0.25, 0.3) is 22.6 Å². The summed E-state index contributed by atoms with van der Waals surface area (Å²) in [6, 6.07) is 18.0. The number of rotatable bonds is 2. The molecule has 0 unspecified atom stereocenters. The maximum Gasteiger partial charge on any atom is 0.223 e. The molecule has 0 spiro atoms. The summed E-state index contributed by atoms with van der Waals surface area (Å²) in [6.07, 6.45) is 3.15. The Labute approximate surface area is 220 Å². The topological polar surface area (TPSA) is 93.1 Å². The van der Waals surface area contributed by atoms with Gasteiger partial charge in [-0.15, -0.1) is 0 Å². The molecule has 0 saturated carbocycles. The van der Waals surface area contributed by atoms with Crippen LogP contribution in [0, 0.1) is 11.8 Å². The second-order valence-corrected chi connectivity index (χ2v) is 8.26. The Bertz CT molecular complexity index is 1490. The number of hydrogen-bond donors (Lipinski definition) is 1. The Balaban J connectivity index is 0.000000168. The Morgan fingerprint density at radius 3 is 1.86 bits per heavy atom. The van der Waals surface area contributed by atoms with Crippen molar-refractivity contribution in [2.45, 2.75) is 0 Å². The van der Waals surface area contributed by atoms with Gasteiger partial charge in [-0.05, 0) is 77.7 Å². The van der Waals surface area contributed by atoms with Gasteiger partial charge in [-0.1, -0.05) is 41.3 Å². The molecule has 35 heavy (non-hydrogen) atoms. The molecule has 0 saturated heterocycles. The lowest BCUT2D eigenvalue weighted by Gasteiger charge is -2.01. The van der Waals surface area contributed by atoms with Crippen molar-refractivity contribution in [1.29, 1.82) is 0 Å². The molecule has 0 amide bonds. The number of nitrogens with one attached hydrogen (secondary N) is 1. The minimum absolute atomic E-state index is 0.169. The fourth-order valence-corrected chi connectivity index (χ4v) is 3.31. The molecule has 1 N–H and O–H groups in total. The highest BCUT2D eigenvalue weighted by atomic mass is 35.5. The monoisotopic (exact) mass is 539 g/mol. The van der Waals surface area contributed by atoms with Crippen molar-refractivity contribution in [3.8, 4) is 34.5 Å². The minimum Gasteiger partial charge on any atom is -0.226 e. The fourth-order valence-electron chi connectivity index (χ4n) is 2.76. The van der Waals surface area contributed by atoms with E-state index in [2.05, 4.69) is 47.2 Å². The van der Waals surface area contributed by atoms with Crippen LogP contribution < -0.4 is 0 Å². The van der Waals surface area contributed by atoms with Crippen LogP contribution in [0.1, 0.15) is 11.3 Å². The predicted molar refractivity (Wildman–Crippen MR) is 137 cm³/mol. The summed E-state index contributed by atoms with van der Waals surface area (Å²) in [5.74, 6) is 5.85. The minimum atomic E-state index is 0.169. The summed E-state index contributed by atoms with van der Waals surface area (Å²) < 4.78 is 0. The van der Waals surface area contributed by atoms with Crippen LogP contribution in [0.2, 0.25) is 20.6 Å². The average molecular weight is 541 g/mol. The lowest BCUT2D eigenvalue weighted by Crippen LogP contribution is -1.89. The number of halogens is 4. The first kappa shape index (κ1) is 24.6. The largest absolute Gasteiger partial charge is 0.226 e. The highest BCUT2D eigenvalue weighted by molar-refractivity contribution is 6.31. The summed E-state index contributed by atoms with van der Waals surface area (Å²) in [5, 5.41) is 12.6. The van der Waals surface area contributed by atoms with Crippen LogP contribution in [0.5, 0.6) is 0 Å².